The molecule has 4 nitrogen and oxygen atoms in total. The van der Waals surface area contributed by atoms with Gasteiger partial charge in [-0.1, -0.05) is 41.7 Å². The summed E-state index contributed by atoms with van der Waals surface area (Å²) in [6, 6.07) is 10.1. The van der Waals surface area contributed by atoms with Crippen LogP contribution in [0.4, 0.5) is 5.13 Å². The molecule has 94 valence electrons. The molecule has 0 spiro atoms. The van der Waals surface area contributed by atoms with Gasteiger partial charge in [0.15, 0.2) is 5.13 Å². The van der Waals surface area contributed by atoms with Crippen molar-refractivity contribution in [2.45, 2.75) is 13.5 Å². The molecule has 2 N–H and O–H groups in total. The molecule has 0 aliphatic carbocycles. The zero-order chi connectivity index (χ0) is 13.0. The van der Waals surface area contributed by atoms with Crippen LogP contribution >= 0.6 is 11.3 Å². The number of carbonyl (C=O) groups is 1. The van der Waals surface area contributed by atoms with Crippen LogP contribution in [0.25, 0.3) is 0 Å². The first-order valence-corrected chi connectivity index (χ1v) is 6.49. The number of aryl methyl sites for hydroxylation is 1. The molecule has 1 aromatic heterocycles. The van der Waals surface area contributed by atoms with Gasteiger partial charge in [0.25, 0.3) is 5.91 Å². The highest BCUT2D eigenvalue weighted by molar-refractivity contribution is 7.17. The summed E-state index contributed by atoms with van der Waals surface area (Å²) in [4.78, 5) is 16.6. The average Bonchev–Trinajstić information content (AvgIpc) is 2.78. The topological polar surface area (TPSA) is 54.0 Å². The van der Waals surface area contributed by atoms with E-state index in [4.69, 9.17) is 0 Å². The summed E-state index contributed by atoms with van der Waals surface area (Å²) in [5.74, 6) is -0.0854. The molecule has 0 fully saturated rings. The van der Waals surface area contributed by atoms with Crippen LogP contribution in [0.1, 0.15) is 20.9 Å². The molecule has 1 heterocycles. The minimum absolute atomic E-state index is 0.0854. The lowest BCUT2D eigenvalue weighted by Crippen LogP contribution is -2.17. The number of rotatable bonds is 4. The average molecular weight is 261 g/mol. The molecule has 0 radical (unpaired) electrons. The Hall–Kier alpha value is -1.88. The molecule has 0 saturated heterocycles. The van der Waals surface area contributed by atoms with E-state index in [0.29, 0.717) is 11.4 Å². The van der Waals surface area contributed by atoms with E-state index in [9.17, 15) is 4.79 Å². The van der Waals surface area contributed by atoms with Gasteiger partial charge in [0.2, 0.25) is 0 Å². The van der Waals surface area contributed by atoms with E-state index in [2.05, 4.69) is 15.6 Å². The number of benzene rings is 1. The van der Waals surface area contributed by atoms with Crippen LogP contribution in [-0.2, 0) is 6.54 Å². The van der Waals surface area contributed by atoms with Gasteiger partial charge in [-0.05, 0) is 12.5 Å². The smallest absolute Gasteiger partial charge is 0.263 e. The van der Waals surface area contributed by atoms with Gasteiger partial charge in [0.05, 0.1) is 5.69 Å². The number of anilines is 1. The van der Waals surface area contributed by atoms with E-state index in [0.717, 1.165) is 10.8 Å². The van der Waals surface area contributed by atoms with Crippen LogP contribution in [0.15, 0.2) is 30.3 Å². The maximum atomic E-state index is 11.6. The van der Waals surface area contributed by atoms with E-state index in [-0.39, 0.29) is 5.91 Å². The molecule has 5 heteroatoms. The molecular weight excluding hydrogens is 246 g/mol. The van der Waals surface area contributed by atoms with Gasteiger partial charge in [-0.15, -0.1) is 0 Å². The summed E-state index contributed by atoms with van der Waals surface area (Å²) < 4.78 is 0. The monoisotopic (exact) mass is 261 g/mol. The van der Waals surface area contributed by atoms with Gasteiger partial charge in [-0.25, -0.2) is 4.98 Å². The summed E-state index contributed by atoms with van der Waals surface area (Å²) in [6.07, 6.45) is 0. The van der Waals surface area contributed by atoms with Crippen molar-refractivity contribution >= 4 is 22.4 Å². The Bertz CT molecular complexity index is 536. The number of carbonyl (C=O) groups excluding carboxylic acids is 1. The fraction of sp³-hybridized carbons (Fsp3) is 0.231. The number of nitrogens with zero attached hydrogens (tertiary/aromatic N) is 1. The standard InChI is InChI=1S/C13H15N3OS/c1-9-11(12(17)14-2)18-13(16-9)15-8-10-6-4-3-5-7-10/h3-7H,8H2,1-2H3,(H,14,17)(H,15,16). The van der Waals surface area contributed by atoms with Gasteiger partial charge in [0.1, 0.15) is 4.88 Å². The second-order valence-electron chi connectivity index (χ2n) is 3.85. The van der Waals surface area contributed by atoms with E-state index in [1.54, 1.807) is 7.05 Å². The summed E-state index contributed by atoms with van der Waals surface area (Å²) in [6.45, 7) is 2.55. The third kappa shape index (κ3) is 2.87. The third-order valence-corrected chi connectivity index (χ3v) is 3.63. The van der Waals surface area contributed by atoms with Crippen LogP contribution in [-0.4, -0.2) is 17.9 Å². The Morgan fingerprint density at radius 2 is 2.06 bits per heavy atom. The van der Waals surface area contributed by atoms with Crippen LogP contribution in [0.3, 0.4) is 0 Å². The van der Waals surface area contributed by atoms with Crippen molar-refractivity contribution in [1.82, 2.24) is 10.3 Å². The number of hydrogen-bond acceptors (Lipinski definition) is 4. The van der Waals surface area contributed by atoms with Crippen LogP contribution in [0.2, 0.25) is 0 Å². The van der Waals surface area contributed by atoms with Gasteiger partial charge < -0.3 is 10.6 Å². The highest BCUT2D eigenvalue weighted by atomic mass is 32.1. The van der Waals surface area contributed by atoms with E-state index >= 15 is 0 Å². The highest BCUT2D eigenvalue weighted by Crippen LogP contribution is 2.22. The third-order valence-electron chi connectivity index (χ3n) is 2.52. The molecule has 18 heavy (non-hydrogen) atoms. The lowest BCUT2D eigenvalue weighted by Gasteiger charge is -2.01. The van der Waals surface area contributed by atoms with Crippen molar-refractivity contribution in [1.29, 1.82) is 0 Å². The molecule has 1 amide bonds. The Kier molecular flexibility index (Phi) is 3.94. The predicted molar refractivity (Wildman–Crippen MR) is 74.0 cm³/mol. The maximum absolute atomic E-state index is 11.6. The second-order valence-corrected chi connectivity index (χ2v) is 4.85. The first-order valence-electron chi connectivity index (χ1n) is 5.68. The normalized spacial score (nSPS) is 10.1. The molecule has 0 atom stereocenters. The lowest BCUT2D eigenvalue weighted by molar-refractivity contribution is 0.0966. The van der Waals surface area contributed by atoms with Crippen molar-refractivity contribution in [3.63, 3.8) is 0 Å². The summed E-state index contributed by atoms with van der Waals surface area (Å²) in [7, 11) is 1.62. The Labute approximate surface area is 110 Å². The SMILES string of the molecule is CNC(=O)c1sc(NCc2ccccc2)nc1C. The first kappa shape index (κ1) is 12.6. The van der Waals surface area contributed by atoms with Gasteiger partial charge in [-0.3, -0.25) is 4.79 Å². The summed E-state index contributed by atoms with van der Waals surface area (Å²) in [5, 5.41) is 6.61. The molecule has 0 aliphatic heterocycles. The Morgan fingerprint density at radius 3 is 2.72 bits per heavy atom. The maximum Gasteiger partial charge on any atom is 0.263 e. The fourth-order valence-corrected chi connectivity index (χ4v) is 2.48. The number of amides is 1. The molecular formula is C13H15N3OS. The predicted octanol–water partition coefficient (Wildman–Crippen LogP) is 2.42. The molecule has 0 aliphatic rings. The van der Waals surface area contributed by atoms with Crippen molar-refractivity contribution in [2.75, 3.05) is 12.4 Å². The quantitative estimate of drug-likeness (QED) is 0.888. The van der Waals surface area contributed by atoms with Crippen molar-refractivity contribution in [3.05, 3.63) is 46.5 Å². The molecule has 0 saturated carbocycles. The number of nitrogens with one attached hydrogen (secondary N) is 2. The fourth-order valence-electron chi connectivity index (χ4n) is 1.57. The Balaban J connectivity index is 2.05. The van der Waals surface area contributed by atoms with E-state index in [1.807, 2.05) is 37.3 Å². The van der Waals surface area contributed by atoms with Crippen LogP contribution in [0, 0.1) is 6.92 Å². The van der Waals surface area contributed by atoms with Crippen molar-refractivity contribution in [2.24, 2.45) is 0 Å². The van der Waals surface area contributed by atoms with Crippen molar-refractivity contribution in [3.8, 4) is 0 Å². The summed E-state index contributed by atoms with van der Waals surface area (Å²) >= 11 is 1.38. The Morgan fingerprint density at radius 1 is 1.33 bits per heavy atom. The first-order chi connectivity index (χ1) is 8.70. The lowest BCUT2D eigenvalue weighted by atomic mass is 10.2. The minimum Gasteiger partial charge on any atom is -0.357 e. The zero-order valence-electron chi connectivity index (χ0n) is 10.4. The van der Waals surface area contributed by atoms with Gasteiger partial charge >= 0.3 is 0 Å². The largest absolute Gasteiger partial charge is 0.357 e. The van der Waals surface area contributed by atoms with Crippen molar-refractivity contribution < 1.29 is 4.79 Å². The number of aromatic nitrogens is 1. The second kappa shape index (κ2) is 5.64. The molecule has 2 aromatic rings. The summed E-state index contributed by atoms with van der Waals surface area (Å²) in [5.41, 5.74) is 1.95. The van der Waals surface area contributed by atoms with Crippen LogP contribution in [0.5, 0.6) is 0 Å². The van der Waals surface area contributed by atoms with Gasteiger partial charge in [-0.2, -0.15) is 0 Å². The molecule has 2 rings (SSSR count). The zero-order valence-corrected chi connectivity index (χ0v) is 11.2. The van der Waals surface area contributed by atoms with E-state index < -0.39 is 0 Å². The van der Waals surface area contributed by atoms with E-state index in [1.165, 1.54) is 16.9 Å². The highest BCUT2D eigenvalue weighted by Gasteiger charge is 2.13. The number of hydrogen-bond donors (Lipinski definition) is 2. The van der Waals surface area contributed by atoms with Gasteiger partial charge in [0, 0.05) is 13.6 Å². The molecule has 0 unspecified atom stereocenters. The molecule has 0 bridgehead atoms. The molecule has 1 aromatic carbocycles. The minimum atomic E-state index is -0.0854. The number of thiazole rings is 1. The van der Waals surface area contributed by atoms with Crippen LogP contribution < -0.4 is 10.6 Å².